The molecular weight excluding hydrogens is 207 g/mol. The molecule has 0 fully saturated rings. The van der Waals surface area contributed by atoms with E-state index < -0.39 is 0 Å². The Labute approximate surface area is 95.1 Å². The quantitative estimate of drug-likeness (QED) is 0.624. The molecule has 1 aromatic rings. The minimum absolute atomic E-state index is 0.145. The number of alkyl halides is 1. The van der Waals surface area contributed by atoms with Gasteiger partial charge in [0.15, 0.2) is 0 Å². The summed E-state index contributed by atoms with van der Waals surface area (Å²) in [6, 6.07) is 5.50. The fraction of sp³-hybridized carbons (Fsp3) is 0.385. The minimum atomic E-state index is -0.362. The van der Waals surface area contributed by atoms with Crippen LogP contribution in [-0.2, 0) is 0 Å². The molecule has 0 saturated carbocycles. The monoisotopic (exact) mass is 222 g/mol. The van der Waals surface area contributed by atoms with Crippen molar-refractivity contribution in [2.75, 3.05) is 19.9 Å². The molecule has 16 heavy (non-hydrogen) atoms. The smallest absolute Gasteiger partial charge is 0.119 e. The zero-order valence-electron chi connectivity index (χ0n) is 9.29. The first-order valence-corrected chi connectivity index (χ1v) is 5.17. The Balaban J connectivity index is 2.67. The van der Waals surface area contributed by atoms with Crippen LogP contribution in [0.4, 0.5) is 4.39 Å². The Bertz CT molecular complexity index is 391. The van der Waals surface area contributed by atoms with E-state index in [0.29, 0.717) is 13.0 Å². The lowest BCUT2D eigenvalue weighted by Crippen LogP contribution is -1.98. The maximum absolute atomic E-state index is 11.9. The molecule has 0 amide bonds. The van der Waals surface area contributed by atoms with Gasteiger partial charge >= 0.3 is 0 Å². The van der Waals surface area contributed by atoms with Crippen LogP contribution >= 0.6 is 0 Å². The van der Waals surface area contributed by atoms with E-state index in [-0.39, 0.29) is 13.3 Å². The zero-order valence-corrected chi connectivity index (χ0v) is 9.29. The van der Waals surface area contributed by atoms with Crippen LogP contribution in [0.3, 0.4) is 0 Å². The van der Waals surface area contributed by atoms with Crippen molar-refractivity contribution < 1.29 is 14.2 Å². The van der Waals surface area contributed by atoms with E-state index >= 15 is 0 Å². The topological polar surface area (TPSA) is 29.5 Å². The summed E-state index contributed by atoms with van der Waals surface area (Å²) < 4.78 is 17.2. The first-order valence-electron chi connectivity index (χ1n) is 5.17. The van der Waals surface area contributed by atoms with Crippen LogP contribution in [0.15, 0.2) is 18.2 Å². The summed E-state index contributed by atoms with van der Waals surface area (Å²) >= 11 is 0. The molecule has 0 saturated heterocycles. The Morgan fingerprint density at radius 2 is 2.25 bits per heavy atom. The number of hydrogen-bond acceptors (Lipinski definition) is 2. The molecule has 0 spiro atoms. The second-order valence-electron chi connectivity index (χ2n) is 3.33. The van der Waals surface area contributed by atoms with Crippen LogP contribution < -0.4 is 4.74 Å². The molecule has 0 aliphatic rings. The van der Waals surface area contributed by atoms with E-state index in [0.717, 1.165) is 16.9 Å². The number of rotatable bonds is 4. The van der Waals surface area contributed by atoms with Crippen molar-refractivity contribution in [2.45, 2.75) is 13.3 Å². The number of aliphatic hydroxyl groups is 1. The molecule has 2 nitrogen and oxygen atoms in total. The summed E-state index contributed by atoms with van der Waals surface area (Å²) in [5, 5.41) is 8.58. The highest BCUT2D eigenvalue weighted by Gasteiger charge is 1.98. The predicted molar refractivity (Wildman–Crippen MR) is 61.2 cm³/mol. The van der Waals surface area contributed by atoms with E-state index in [1.165, 1.54) is 0 Å². The van der Waals surface area contributed by atoms with Crippen molar-refractivity contribution in [2.24, 2.45) is 0 Å². The number of hydrogen-bond donors (Lipinski definition) is 1. The van der Waals surface area contributed by atoms with Crippen LogP contribution in [-0.4, -0.2) is 25.0 Å². The molecule has 0 unspecified atom stereocenters. The Hall–Kier alpha value is -1.53. The maximum Gasteiger partial charge on any atom is 0.119 e. The van der Waals surface area contributed by atoms with Gasteiger partial charge in [-0.1, -0.05) is 11.8 Å². The Morgan fingerprint density at radius 1 is 1.44 bits per heavy atom. The van der Waals surface area contributed by atoms with Gasteiger partial charge in [-0.3, -0.25) is 4.39 Å². The maximum atomic E-state index is 11.9. The van der Waals surface area contributed by atoms with Crippen LogP contribution in [0.5, 0.6) is 5.75 Å². The van der Waals surface area contributed by atoms with Crippen LogP contribution in [0.2, 0.25) is 0 Å². The highest BCUT2D eigenvalue weighted by Crippen LogP contribution is 2.16. The molecule has 1 N–H and O–H groups in total. The average molecular weight is 222 g/mol. The third kappa shape index (κ3) is 3.92. The van der Waals surface area contributed by atoms with E-state index in [2.05, 4.69) is 11.8 Å². The van der Waals surface area contributed by atoms with Gasteiger partial charge in [0.2, 0.25) is 0 Å². The van der Waals surface area contributed by atoms with Crippen molar-refractivity contribution >= 4 is 0 Å². The SMILES string of the molecule is Cc1cc(OCCCF)ccc1C#CCO. The molecule has 0 atom stereocenters. The van der Waals surface area contributed by atoms with Gasteiger partial charge in [-0.15, -0.1) is 0 Å². The summed E-state index contributed by atoms with van der Waals surface area (Å²) in [6.45, 7) is 1.80. The normalized spacial score (nSPS) is 9.44. The van der Waals surface area contributed by atoms with Crippen molar-refractivity contribution in [1.82, 2.24) is 0 Å². The summed E-state index contributed by atoms with van der Waals surface area (Å²) in [6.07, 6.45) is 0.408. The first-order chi connectivity index (χ1) is 7.77. The number of aliphatic hydroxyl groups excluding tert-OH is 1. The molecule has 3 heteroatoms. The molecule has 1 aromatic carbocycles. The minimum Gasteiger partial charge on any atom is -0.493 e. The molecule has 86 valence electrons. The van der Waals surface area contributed by atoms with E-state index in [4.69, 9.17) is 9.84 Å². The van der Waals surface area contributed by atoms with Gasteiger partial charge in [-0.2, -0.15) is 0 Å². The van der Waals surface area contributed by atoms with Gasteiger partial charge in [-0.25, -0.2) is 0 Å². The largest absolute Gasteiger partial charge is 0.493 e. The molecule has 0 aromatic heterocycles. The lowest BCUT2D eigenvalue weighted by molar-refractivity contribution is 0.289. The second-order valence-corrected chi connectivity index (χ2v) is 3.33. The van der Waals surface area contributed by atoms with E-state index in [1.807, 2.05) is 19.1 Å². The van der Waals surface area contributed by atoms with Gasteiger partial charge < -0.3 is 9.84 Å². The standard InChI is InChI=1S/C13H15FO2/c1-11-10-13(16-9-3-7-14)6-5-12(11)4-2-8-15/h5-6,10,15H,3,7-9H2,1H3. The molecule has 0 radical (unpaired) electrons. The van der Waals surface area contributed by atoms with Crippen molar-refractivity contribution in [1.29, 1.82) is 0 Å². The molecule has 1 rings (SSSR count). The molecular formula is C13H15FO2. The Morgan fingerprint density at radius 3 is 2.88 bits per heavy atom. The lowest BCUT2D eigenvalue weighted by Gasteiger charge is -2.06. The number of benzene rings is 1. The van der Waals surface area contributed by atoms with Crippen molar-refractivity contribution in [3.8, 4) is 17.6 Å². The van der Waals surface area contributed by atoms with Crippen molar-refractivity contribution in [3.63, 3.8) is 0 Å². The number of ether oxygens (including phenoxy) is 1. The van der Waals surface area contributed by atoms with Gasteiger partial charge in [0.1, 0.15) is 12.4 Å². The summed E-state index contributed by atoms with van der Waals surface area (Å²) in [4.78, 5) is 0. The van der Waals surface area contributed by atoms with Gasteiger partial charge in [0.25, 0.3) is 0 Å². The summed E-state index contributed by atoms with van der Waals surface area (Å²) in [5.74, 6) is 6.16. The zero-order chi connectivity index (χ0) is 11.8. The van der Waals surface area contributed by atoms with E-state index in [9.17, 15) is 4.39 Å². The highest BCUT2D eigenvalue weighted by atomic mass is 19.1. The van der Waals surface area contributed by atoms with Gasteiger partial charge in [0.05, 0.1) is 13.3 Å². The summed E-state index contributed by atoms with van der Waals surface area (Å²) in [7, 11) is 0. The van der Waals surface area contributed by atoms with Crippen LogP contribution in [0.25, 0.3) is 0 Å². The first kappa shape index (κ1) is 12.5. The summed E-state index contributed by atoms with van der Waals surface area (Å²) in [5.41, 5.74) is 1.85. The van der Waals surface area contributed by atoms with Gasteiger partial charge in [-0.05, 0) is 30.7 Å². The molecule has 0 aliphatic carbocycles. The molecule has 0 heterocycles. The molecule has 0 bridgehead atoms. The number of aryl methyl sites for hydroxylation is 1. The fourth-order valence-corrected chi connectivity index (χ4v) is 1.25. The van der Waals surface area contributed by atoms with Crippen LogP contribution in [0.1, 0.15) is 17.5 Å². The number of halogens is 1. The fourth-order valence-electron chi connectivity index (χ4n) is 1.25. The third-order valence-electron chi connectivity index (χ3n) is 2.05. The van der Waals surface area contributed by atoms with Gasteiger partial charge in [0, 0.05) is 12.0 Å². The predicted octanol–water partition coefficient (Wildman–Crippen LogP) is 2.08. The second kappa shape index (κ2) is 6.86. The average Bonchev–Trinajstić information content (AvgIpc) is 2.28. The lowest BCUT2D eigenvalue weighted by atomic mass is 10.1. The highest BCUT2D eigenvalue weighted by molar-refractivity contribution is 5.44. The van der Waals surface area contributed by atoms with Crippen LogP contribution in [0, 0.1) is 18.8 Å². The van der Waals surface area contributed by atoms with E-state index in [1.54, 1.807) is 6.07 Å². The third-order valence-corrected chi connectivity index (χ3v) is 2.05. The van der Waals surface area contributed by atoms with Crippen molar-refractivity contribution in [3.05, 3.63) is 29.3 Å². The molecule has 0 aliphatic heterocycles. The Kier molecular flexibility index (Phi) is 5.38.